The molecule has 0 unspecified atom stereocenters. The molecule has 0 aliphatic heterocycles. The summed E-state index contributed by atoms with van der Waals surface area (Å²) < 4.78 is 11.0. The zero-order valence-electron chi connectivity index (χ0n) is 13.3. The molecule has 2 aromatic carbocycles. The van der Waals surface area contributed by atoms with E-state index in [1.807, 2.05) is 62.4 Å². The van der Waals surface area contributed by atoms with Gasteiger partial charge in [-0.15, -0.1) is 0 Å². The van der Waals surface area contributed by atoms with Gasteiger partial charge in [-0.05, 0) is 50.2 Å². The lowest BCUT2D eigenvalue weighted by Crippen LogP contribution is -2.14. The van der Waals surface area contributed by atoms with Gasteiger partial charge in [0.05, 0.1) is 18.9 Å². The van der Waals surface area contributed by atoms with Crippen LogP contribution in [0.4, 0.5) is 11.4 Å². The lowest BCUT2D eigenvalue weighted by molar-refractivity contribution is 0.340. The van der Waals surface area contributed by atoms with Crippen LogP contribution in [0.2, 0.25) is 0 Å². The minimum absolute atomic E-state index is 0.670. The molecule has 0 spiro atoms. The summed E-state index contributed by atoms with van der Waals surface area (Å²) in [5, 5.41) is 6.76. The fourth-order valence-electron chi connectivity index (χ4n) is 2.13. The number of ether oxygens (including phenoxy) is 2. The summed E-state index contributed by atoms with van der Waals surface area (Å²) in [7, 11) is 0. The van der Waals surface area contributed by atoms with E-state index in [0.29, 0.717) is 13.2 Å². The first-order chi connectivity index (χ1) is 10.8. The van der Waals surface area contributed by atoms with Gasteiger partial charge >= 0.3 is 0 Å². The highest BCUT2D eigenvalue weighted by Crippen LogP contribution is 2.23. The van der Waals surface area contributed by atoms with Crippen molar-refractivity contribution in [2.75, 3.05) is 36.9 Å². The van der Waals surface area contributed by atoms with Gasteiger partial charge in [0.15, 0.2) is 0 Å². The monoisotopic (exact) mass is 300 g/mol. The topological polar surface area (TPSA) is 42.5 Å². The van der Waals surface area contributed by atoms with Crippen LogP contribution in [-0.2, 0) is 0 Å². The zero-order chi connectivity index (χ0) is 15.6. The second-order valence-electron chi connectivity index (χ2n) is 4.74. The van der Waals surface area contributed by atoms with Crippen molar-refractivity contribution in [1.29, 1.82) is 0 Å². The Balaban J connectivity index is 1.77. The summed E-state index contributed by atoms with van der Waals surface area (Å²) in [6.07, 6.45) is 0. The second-order valence-corrected chi connectivity index (χ2v) is 4.74. The van der Waals surface area contributed by atoms with Crippen molar-refractivity contribution < 1.29 is 9.47 Å². The maximum absolute atomic E-state index is 5.59. The molecule has 0 radical (unpaired) electrons. The third-order valence-electron chi connectivity index (χ3n) is 3.12. The first-order valence-corrected chi connectivity index (χ1v) is 7.76. The van der Waals surface area contributed by atoms with Crippen LogP contribution in [0.3, 0.4) is 0 Å². The fourth-order valence-corrected chi connectivity index (χ4v) is 2.13. The summed E-state index contributed by atoms with van der Waals surface area (Å²) in [5.41, 5.74) is 2.11. The van der Waals surface area contributed by atoms with Gasteiger partial charge < -0.3 is 20.1 Å². The van der Waals surface area contributed by atoms with E-state index < -0.39 is 0 Å². The molecule has 22 heavy (non-hydrogen) atoms. The van der Waals surface area contributed by atoms with Crippen LogP contribution in [0.1, 0.15) is 13.8 Å². The van der Waals surface area contributed by atoms with Crippen molar-refractivity contribution in [2.45, 2.75) is 13.8 Å². The fraction of sp³-hybridized carbons (Fsp3) is 0.333. The summed E-state index contributed by atoms with van der Waals surface area (Å²) in [6, 6.07) is 16.0. The number of para-hydroxylation sites is 2. The van der Waals surface area contributed by atoms with Gasteiger partial charge in [0, 0.05) is 18.8 Å². The maximum Gasteiger partial charge on any atom is 0.142 e. The summed E-state index contributed by atoms with van der Waals surface area (Å²) >= 11 is 0. The summed E-state index contributed by atoms with van der Waals surface area (Å²) in [4.78, 5) is 0. The molecule has 118 valence electrons. The van der Waals surface area contributed by atoms with E-state index >= 15 is 0 Å². The summed E-state index contributed by atoms with van der Waals surface area (Å²) in [6.45, 7) is 6.98. The highest BCUT2D eigenvalue weighted by atomic mass is 16.5. The molecule has 0 heterocycles. The Kier molecular flexibility index (Phi) is 6.42. The van der Waals surface area contributed by atoms with E-state index in [1.165, 1.54) is 0 Å². The van der Waals surface area contributed by atoms with Crippen LogP contribution in [0, 0.1) is 0 Å². The van der Waals surface area contributed by atoms with E-state index in [-0.39, 0.29) is 0 Å². The molecule has 2 N–H and O–H groups in total. The molecule has 4 heteroatoms. The maximum atomic E-state index is 5.59. The third kappa shape index (κ3) is 4.88. The van der Waals surface area contributed by atoms with Crippen molar-refractivity contribution in [3.8, 4) is 11.5 Å². The van der Waals surface area contributed by atoms with Gasteiger partial charge in [-0.2, -0.15) is 0 Å². The molecule has 2 aromatic rings. The Labute approximate surface area is 132 Å². The minimum atomic E-state index is 0.670. The molecule has 0 bridgehead atoms. The van der Waals surface area contributed by atoms with E-state index in [4.69, 9.17) is 9.47 Å². The van der Waals surface area contributed by atoms with Crippen LogP contribution in [0.25, 0.3) is 0 Å². The lowest BCUT2D eigenvalue weighted by atomic mass is 10.3. The molecule has 0 aliphatic rings. The second kappa shape index (κ2) is 8.82. The van der Waals surface area contributed by atoms with Gasteiger partial charge in [0.2, 0.25) is 0 Å². The molecule has 0 fully saturated rings. The molecule has 0 saturated heterocycles. The van der Waals surface area contributed by atoms with E-state index in [1.54, 1.807) is 0 Å². The van der Waals surface area contributed by atoms with Crippen LogP contribution < -0.4 is 20.1 Å². The molecular weight excluding hydrogens is 276 g/mol. The first-order valence-electron chi connectivity index (χ1n) is 7.76. The predicted octanol–water partition coefficient (Wildman–Crippen LogP) is 4.01. The standard InChI is InChI=1S/C18H24N2O2/c1-3-21-16-11-9-15(10-12-16)19-13-14-20-17-7-5-6-8-18(17)22-4-2/h5-12,19-20H,3-4,13-14H2,1-2H3. The predicted molar refractivity (Wildman–Crippen MR) is 92.2 cm³/mol. The lowest BCUT2D eigenvalue weighted by Gasteiger charge is -2.13. The van der Waals surface area contributed by atoms with Gasteiger partial charge in [-0.1, -0.05) is 12.1 Å². The molecule has 2 rings (SSSR count). The van der Waals surface area contributed by atoms with Crippen molar-refractivity contribution in [2.24, 2.45) is 0 Å². The van der Waals surface area contributed by atoms with Crippen molar-refractivity contribution >= 4 is 11.4 Å². The zero-order valence-corrected chi connectivity index (χ0v) is 13.3. The molecule has 0 saturated carbocycles. The van der Waals surface area contributed by atoms with Gasteiger partial charge in [0.25, 0.3) is 0 Å². The van der Waals surface area contributed by atoms with E-state index in [9.17, 15) is 0 Å². The molecular formula is C18H24N2O2. The number of anilines is 2. The Morgan fingerprint density at radius 2 is 1.45 bits per heavy atom. The number of benzene rings is 2. The van der Waals surface area contributed by atoms with Crippen molar-refractivity contribution in [3.05, 3.63) is 48.5 Å². The number of nitrogens with one attached hydrogen (secondary N) is 2. The average molecular weight is 300 g/mol. The van der Waals surface area contributed by atoms with Crippen LogP contribution in [0.5, 0.6) is 11.5 Å². The molecule has 4 nitrogen and oxygen atoms in total. The highest BCUT2D eigenvalue weighted by Gasteiger charge is 2.01. The van der Waals surface area contributed by atoms with Gasteiger partial charge in [-0.3, -0.25) is 0 Å². The van der Waals surface area contributed by atoms with Crippen molar-refractivity contribution in [3.63, 3.8) is 0 Å². The Hall–Kier alpha value is -2.36. The van der Waals surface area contributed by atoms with Gasteiger partial charge in [-0.25, -0.2) is 0 Å². The molecule has 0 atom stereocenters. The minimum Gasteiger partial charge on any atom is -0.494 e. The Morgan fingerprint density at radius 3 is 2.18 bits per heavy atom. The average Bonchev–Trinajstić information content (AvgIpc) is 2.55. The number of hydrogen-bond donors (Lipinski definition) is 2. The van der Waals surface area contributed by atoms with Gasteiger partial charge in [0.1, 0.15) is 11.5 Å². The largest absolute Gasteiger partial charge is 0.494 e. The van der Waals surface area contributed by atoms with Crippen LogP contribution >= 0.6 is 0 Å². The molecule has 0 amide bonds. The first kappa shape index (κ1) is 16.0. The third-order valence-corrected chi connectivity index (χ3v) is 3.12. The van der Waals surface area contributed by atoms with E-state index in [0.717, 1.165) is 36.0 Å². The Morgan fingerprint density at radius 1 is 0.773 bits per heavy atom. The summed E-state index contributed by atoms with van der Waals surface area (Å²) in [5.74, 6) is 1.79. The van der Waals surface area contributed by atoms with Crippen molar-refractivity contribution in [1.82, 2.24) is 0 Å². The normalized spacial score (nSPS) is 10.1. The van der Waals surface area contributed by atoms with Crippen LogP contribution in [-0.4, -0.2) is 26.3 Å². The molecule has 0 aliphatic carbocycles. The molecule has 0 aromatic heterocycles. The van der Waals surface area contributed by atoms with E-state index in [2.05, 4.69) is 10.6 Å². The highest BCUT2D eigenvalue weighted by molar-refractivity contribution is 5.56. The quantitative estimate of drug-likeness (QED) is 0.687. The smallest absolute Gasteiger partial charge is 0.142 e. The van der Waals surface area contributed by atoms with Crippen LogP contribution in [0.15, 0.2) is 48.5 Å². The Bertz CT molecular complexity index is 555. The number of rotatable bonds is 9. The SMILES string of the molecule is CCOc1ccc(NCCNc2ccccc2OCC)cc1. The number of hydrogen-bond acceptors (Lipinski definition) is 4.